The van der Waals surface area contributed by atoms with E-state index in [1.54, 1.807) is 0 Å². The Labute approximate surface area is 166 Å². The summed E-state index contributed by atoms with van der Waals surface area (Å²) in [5, 5.41) is 2.95. The van der Waals surface area contributed by atoms with Crippen molar-refractivity contribution in [1.29, 1.82) is 0 Å². The molecule has 1 aliphatic carbocycles. The minimum absolute atomic E-state index is 0.0178. The number of hydrogen-bond donors (Lipinski definition) is 1. The zero-order valence-corrected chi connectivity index (χ0v) is 16.5. The predicted octanol–water partition coefficient (Wildman–Crippen LogP) is 1.76. The molecule has 1 N–H and O–H groups in total. The summed E-state index contributed by atoms with van der Waals surface area (Å²) in [5.74, 6) is 1.54. The van der Waals surface area contributed by atoms with E-state index in [2.05, 4.69) is 23.2 Å². The molecule has 2 heterocycles. The third-order valence-corrected chi connectivity index (χ3v) is 5.91. The molecular weight excluding hydrogens is 358 g/mol. The van der Waals surface area contributed by atoms with Crippen LogP contribution in [-0.4, -0.2) is 61.1 Å². The molecule has 2 aliphatic heterocycles. The fourth-order valence-corrected chi connectivity index (χ4v) is 3.92. The van der Waals surface area contributed by atoms with Crippen LogP contribution in [0.2, 0.25) is 0 Å². The standard InChI is InChI=1S/C21H29N3O4/c1-2-3-8-22-19(25)21(6-7-21)20(26)24-11-9-23(10-12-24)14-16-4-5-17-18(13-16)28-15-27-17/h4-5,13H,2-3,6-12,14-15H2,1H3,(H,22,25). The van der Waals surface area contributed by atoms with Gasteiger partial charge in [0.2, 0.25) is 18.6 Å². The number of carbonyl (C=O) groups is 2. The minimum Gasteiger partial charge on any atom is -0.454 e. The van der Waals surface area contributed by atoms with Crippen molar-refractivity contribution in [2.75, 3.05) is 39.5 Å². The van der Waals surface area contributed by atoms with E-state index < -0.39 is 5.41 Å². The first-order valence-electron chi connectivity index (χ1n) is 10.3. The van der Waals surface area contributed by atoms with Gasteiger partial charge in [0, 0.05) is 39.3 Å². The highest BCUT2D eigenvalue weighted by atomic mass is 16.7. The fourth-order valence-electron chi connectivity index (χ4n) is 3.92. The Kier molecular flexibility index (Phi) is 5.44. The van der Waals surface area contributed by atoms with Crippen LogP contribution in [0.5, 0.6) is 11.5 Å². The second kappa shape index (κ2) is 7.99. The lowest BCUT2D eigenvalue weighted by molar-refractivity contribution is -0.145. The third-order valence-electron chi connectivity index (χ3n) is 5.91. The first kappa shape index (κ1) is 19.1. The van der Waals surface area contributed by atoms with Crippen molar-refractivity contribution < 1.29 is 19.1 Å². The summed E-state index contributed by atoms with van der Waals surface area (Å²) in [6, 6.07) is 6.04. The molecule has 0 unspecified atom stereocenters. The Bertz CT molecular complexity index is 739. The first-order valence-corrected chi connectivity index (χ1v) is 10.3. The van der Waals surface area contributed by atoms with Crippen LogP contribution in [0.1, 0.15) is 38.2 Å². The normalized spacial score (nSPS) is 20.1. The lowest BCUT2D eigenvalue weighted by Crippen LogP contribution is -2.53. The van der Waals surface area contributed by atoms with E-state index in [0.29, 0.717) is 32.5 Å². The summed E-state index contributed by atoms with van der Waals surface area (Å²) in [6.45, 7) is 6.83. The second-order valence-corrected chi connectivity index (χ2v) is 7.95. The lowest BCUT2D eigenvalue weighted by atomic mass is 10.0. The molecule has 0 spiro atoms. The number of unbranched alkanes of at least 4 members (excludes halogenated alkanes) is 1. The number of piperazine rings is 1. The summed E-state index contributed by atoms with van der Waals surface area (Å²) in [7, 11) is 0. The number of hydrogen-bond acceptors (Lipinski definition) is 5. The smallest absolute Gasteiger partial charge is 0.238 e. The average molecular weight is 387 g/mol. The number of nitrogens with zero attached hydrogens (tertiary/aromatic N) is 2. The summed E-state index contributed by atoms with van der Waals surface area (Å²) in [5.41, 5.74) is 0.394. The quantitative estimate of drug-likeness (QED) is 0.570. The van der Waals surface area contributed by atoms with E-state index in [4.69, 9.17) is 9.47 Å². The number of rotatable bonds is 7. The van der Waals surface area contributed by atoms with Crippen molar-refractivity contribution >= 4 is 11.8 Å². The van der Waals surface area contributed by atoms with E-state index in [-0.39, 0.29) is 18.6 Å². The van der Waals surface area contributed by atoms with Gasteiger partial charge in [-0.15, -0.1) is 0 Å². The van der Waals surface area contributed by atoms with Crippen LogP contribution in [0.4, 0.5) is 0 Å². The van der Waals surface area contributed by atoms with Crippen LogP contribution < -0.4 is 14.8 Å². The summed E-state index contributed by atoms with van der Waals surface area (Å²) in [6.07, 6.45) is 3.35. The van der Waals surface area contributed by atoms with E-state index in [1.165, 1.54) is 5.56 Å². The van der Waals surface area contributed by atoms with Gasteiger partial charge in [0.05, 0.1) is 0 Å². The molecule has 3 aliphatic rings. The van der Waals surface area contributed by atoms with Gasteiger partial charge in [0.25, 0.3) is 0 Å². The molecule has 1 aromatic rings. The molecule has 0 atom stereocenters. The molecule has 7 heteroatoms. The Hall–Kier alpha value is -2.28. The molecule has 0 radical (unpaired) electrons. The largest absolute Gasteiger partial charge is 0.454 e. The number of fused-ring (bicyclic) bond motifs is 1. The Morgan fingerprint density at radius 1 is 1.11 bits per heavy atom. The molecule has 7 nitrogen and oxygen atoms in total. The SMILES string of the molecule is CCCCNC(=O)C1(C(=O)N2CCN(Cc3ccc4c(c3)OCO4)CC2)CC1. The summed E-state index contributed by atoms with van der Waals surface area (Å²) < 4.78 is 10.8. The zero-order chi connectivity index (χ0) is 19.6. The fraction of sp³-hybridized carbons (Fsp3) is 0.619. The molecule has 2 fully saturated rings. The van der Waals surface area contributed by atoms with Gasteiger partial charge in [-0.05, 0) is 37.0 Å². The molecule has 2 amide bonds. The maximum atomic E-state index is 13.0. The summed E-state index contributed by atoms with van der Waals surface area (Å²) >= 11 is 0. The van der Waals surface area contributed by atoms with Gasteiger partial charge in [-0.1, -0.05) is 19.4 Å². The molecule has 1 saturated heterocycles. The van der Waals surface area contributed by atoms with E-state index in [0.717, 1.165) is 44.0 Å². The van der Waals surface area contributed by atoms with Crippen molar-refractivity contribution in [3.8, 4) is 11.5 Å². The highest BCUT2D eigenvalue weighted by Crippen LogP contribution is 2.47. The van der Waals surface area contributed by atoms with Gasteiger partial charge in [0.1, 0.15) is 5.41 Å². The number of amides is 2. The number of nitrogens with one attached hydrogen (secondary N) is 1. The second-order valence-electron chi connectivity index (χ2n) is 7.95. The van der Waals surface area contributed by atoms with Crippen molar-refractivity contribution in [3.05, 3.63) is 23.8 Å². The zero-order valence-electron chi connectivity index (χ0n) is 16.5. The van der Waals surface area contributed by atoms with Gasteiger partial charge in [-0.2, -0.15) is 0 Å². The maximum Gasteiger partial charge on any atom is 0.238 e. The van der Waals surface area contributed by atoms with Gasteiger partial charge >= 0.3 is 0 Å². The highest BCUT2D eigenvalue weighted by molar-refractivity contribution is 6.07. The number of carbonyl (C=O) groups excluding carboxylic acids is 2. The van der Waals surface area contributed by atoms with Crippen molar-refractivity contribution in [1.82, 2.24) is 15.1 Å². The van der Waals surface area contributed by atoms with Crippen molar-refractivity contribution in [3.63, 3.8) is 0 Å². The molecule has 152 valence electrons. The van der Waals surface area contributed by atoms with Crippen molar-refractivity contribution in [2.45, 2.75) is 39.2 Å². The van der Waals surface area contributed by atoms with Crippen LogP contribution in [0, 0.1) is 5.41 Å². The number of benzene rings is 1. The molecule has 0 aromatic heterocycles. The van der Waals surface area contributed by atoms with Gasteiger partial charge in [-0.25, -0.2) is 0 Å². The monoisotopic (exact) mass is 387 g/mol. The van der Waals surface area contributed by atoms with Gasteiger partial charge in [-0.3, -0.25) is 14.5 Å². The molecule has 1 saturated carbocycles. The number of ether oxygens (including phenoxy) is 2. The van der Waals surface area contributed by atoms with E-state index in [1.807, 2.05) is 17.0 Å². The molecular formula is C21H29N3O4. The average Bonchev–Trinajstić information content (AvgIpc) is 3.40. The van der Waals surface area contributed by atoms with Crippen LogP contribution >= 0.6 is 0 Å². The van der Waals surface area contributed by atoms with Crippen LogP contribution in [-0.2, 0) is 16.1 Å². The Balaban J connectivity index is 1.28. The Morgan fingerprint density at radius 3 is 2.57 bits per heavy atom. The molecule has 28 heavy (non-hydrogen) atoms. The topological polar surface area (TPSA) is 71.1 Å². The van der Waals surface area contributed by atoms with Crippen LogP contribution in [0.15, 0.2) is 18.2 Å². The maximum absolute atomic E-state index is 13.0. The molecule has 4 rings (SSSR count). The highest BCUT2D eigenvalue weighted by Gasteiger charge is 2.57. The molecule has 0 bridgehead atoms. The summed E-state index contributed by atoms with van der Waals surface area (Å²) in [4.78, 5) is 29.7. The van der Waals surface area contributed by atoms with E-state index >= 15 is 0 Å². The molecule has 1 aromatic carbocycles. The predicted molar refractivity (Wildman–Crippen MR) is 104 cm³/mol. The van der Waals surface area contributed by atoms with Crippen LogP contribution in [0.25, 0.3) is 0 Å². The first-order chi connectivity index (χ1) is 13.6. The van der Waals surface area contributed by atoms with Gasteiger partial charge in [0.15, 0.2) is 11.5 Å². The van der Waals surface area contributed by atoms with Gasteiger partial charge < -0.3 is 19.7 Å². The lowest BCUT2D eigenvalue weighted by Gasteiger charge is -2.36. The van der Waals surface area contributed by atoms with E-state index in [9.17, 15) is 9.59 Å². The van der Waals surface area contributed by atoms with Crippen molar-refractivity contribution in [2.24, 2.45) is 5.41 Å². The minimum atomic E-state index is -0.784. The van der Waals surface area contributed by atoms with Crippen LogP contribution in [0.3, 0.4) is 0 Å². The Morgan fingerprint density at radius 2 is 1.86 bits per heavy atom. The third kappa shape index (κ3) is 3.81.